The molecule has 1 aromatic carbocycles. The molecule has 3 atom stereocenters. The summed E-state index contributed by atoms with van der Waals surface area (Å²) in [6.45, 7) is 6.82. The van der Waals surface area contributed by atoms with E-state index in [2.05, 4.69) is 41.3 Å². The zero-order chi connectivity index (χ0) is 18.5. The lowest BCUT2D eigenvalue weighted by Gasteiger charge is -2.37. The van der Waals surface area contributed by atoms with Crippen LogP contribution in [0, 0.1) is 17.8 Å². The maximum atomic E-state index is 12.7. The Balaban J connectivity index is 1.58. The Morgan fingerprint density at radius 3 is 2.73 bits per heavy atom. The van der Waals surface area contributed by atoms with Crippen molar-refractivity contribution < 1.29 is 4.79 Å². The van der Waals surface area contributed by atoms with Gasteiger partial charge >= 0.3 is 0 Å². The minimum absolute atomic E-state index is 0.0455. The molecule has 1 fully saturated rings. The molecule has 0 aliphatic heterocycles. The molecule has 6 heteroatoms. The van der Waals surface area contributed by atoms with Crippen LogP contribution < -0.4 is 5.32 Å². The van der Waals surface area contributed by atoms with E-state index in [0.29, 0.717) is 17.8 Å². The summed E-state index contributed by atoms with van der Waals surface area (Å²) in [7, 11) is 0. The normalized spacial score (nSPS) is 23.2. The second kappa shape index (κ2) is 8.71. The van der Waals surface area contributed by atoms with Gasteiger partial charge in [-0.1, -0.05) is 51.1 Å². The number of thioether (sulfide) groups is 1. The van der Waals surface area contributed by atoms with Crippen molar-refractivity contribution in [2.24, 2.45) is 17.8 Å². The topological polar surface area (TPSA) is 70.7 Å². The van der Waals surface area contributed by atoms with E-state index in [1.54, 1.807) is 11.8 Å². The third-order valence-corrected chi connectivity index (χ3v) is 6.27. The molecule has 5 nitrogen and oxygen atoms in total. The summed E-state index contributed by atoms with van der Waals surface area (Å²) in [5.41, 5.74) is 1.90. The number of benzene rings is 1. The summed E-state index contributed by atoms with van der Waals surface area (Å²) < 4.78 is 0. The third kappa shape index (κ3) is 4.87. The number of amides is 1. The van der Waals surface area contributed by atoms with Gasteiger partial charge in [0.25, 0.3) is 5.91 Å². The van der Waals surface area contributed by atoms with Crippen molar-refractivity contribution >= 4 is 17.7 Å². The number of carbonyl (C=O) groups is 1. The highest BCUT2D eigenvalue weighted by Gasteiger charge is 2.31. The molecular formula is C20H28N4OS. The van der Waals surface area contributed by atoms with Gasteiger partial charge in [0.1, 0.15) is 6.33 Å². The molecule has 1 aromatic heterocycles. The Labute approximate surface area is 159 Å². The Bertz CT molecular complexity index is 699. The minimum Gasteiger partial charge on any atom is -0.349 e. The van der Waals surface area contributed by atoms with E-state index < -0.39 is 0 Å². The second-order valence-electron chi connectivity index (χ2n) is 7.68. The summed E-state index contributed by atoms with van der Waals surface area (Å²) in [5, 5.41) is 10.8. The molecule has 3 rings (SSSR count). The Morgan fingerprint density at radius 1 is 1.31 bits per heavy atom. The number of aromatic nitrogens is 3. The number of hydrogen-bond acceptors (Lipinski definition) is 4. The number of aromatic amines is 1. The fourth-order valence-electron chi connectivity index (χ4n) is 3.79. The first-order valence-electron chi connectivity index (χ1n) is 9.41. The average molecular weight is 373 g/mol. The maximum Gasteiger partial charge on any atom is 0.251 e. The molecule has 2 aromatic rings. The second-order valence-corrected chi connectivity index (χ2v) is 8.65. The lowest BCUT2D eigenvalue weighted by molar-refractivity contribution is 0.0868. The molecule has 1 saturated carbocycles. The van der Waals surface area contributed by atoms with Crippen molar-refractivity contribution in [3.8, 4) is 0 Å². The number of carbonyl (C=O) groups excluding carboxylic acids is 1. The van der Waals surface area contributed by atoms with E-state index in [1.165, 1.54) is 19.2 Å². The number of nitrogens with one attached hydrogen (secondary N) is 2. The van der Waals surface area contributed by atoms with Gasteiger partial charge in [-0.3, -0.25) is 9.89 Å². The molecule has 1 aliphatic rings. The highest BCUT2D eigenvalue weighted by molar-refractivity contribution is 7.98. The van der Waals surface area contributed by atoms with Crippen molar-refractivity contribution in [2.75, 3.05) is 0 Å². The molecule has 26 heavy (non-hydrogen) atoms. The quantitative estimate of drug-likeness (QED) is 0.742. The number of hydrogen-bond donors (Lipinski definition) is 2. The van der Waals surface area contributed by atoms with Crippen LogP contribution in [0.3, 0.4) is 0 Å². The molecule has 140 valence electrons. The number of H-pyrrole nitrogens is 1. The van der Waals surface area contributed by atoms with E-state index in [0.717, 1.165) is 28.5 Å². The van der Waals surface area contributed by atoms with Gasteiger partial charge in [-0.25, -0.2) is 4.98 Å². The van der Waals surface area contributed by atoms with Crippen molar-refractivity contribution in [3.05, 3.63) is 41.7 Å². The zero-order valence-electron chi connectivity index (χ0n) is 15.7. The Hall–Kier alpha value is -1.82. The Kier molecular flexibility index (Phi) is 6.35. The maximum absolute atomic E-state index is 12.7. The molecule has 0 spiro atoms. The lowest BCUT2D eigenvalue weighted by atomic mass is 9.74. The highest BCUT2D eigenvalue weighted by Crippen LogP contribution is 2.33. The standard InChI is InChI=1S/C20H28N4OS/c1-13(2)17-9-4-14(3)10-18(17)23-19(25)16-7-5-15(6-8-16)11-26-20-21-12-22-24-20/h5-8,12-14,17-18H,4,9-11H2,1-3H3,(H,23,25)(H,21,22,24). The fraction of sp³-hybridized carbons (Fsp3) is 0.550. The van der Waals surface area contributed by atoms with Crippen LogP contribution in [0.5, 0.6) is 0 Å². The van der Waals surface area contributed by atoms with Gasteiger partial charge in [0, 0.05) is 17.4 Å². The molecule has 1 amide bonds. The van der Waals surface area contributed by atoms with Crippen LogP contribution in [0.2, 0.25) is 0 Å². The first-order valence-corrected chi connectivity index (χ1v) is 10.4. The molecule has 2 N–H and O–H groups in total. The van der Waals surface area contributed by atoms with Crippen LogP contribution in [0.25, 0.3) is 0 Å². The molecule has 1 aliphatic carbocycles. The minimum atomic E-state index is 0.0455. The molecule has 3 unspecified atom stereocenters. The molecular weight excluding hydrogens is 344 g/mol. The zero-order valence-corrected chi connectivity index (χ0v) is 16.6. The van der Waals surface area contributed by atoms with Crippen LogP contribution in [0.15, 0.2) is 35.7 Å². The van der Waals surface area contributed by atoms with Crippen LogP contribution in [0.4, 0.5) is 0 Å². The lowest BCUT2D eigenvalue weighted by Crippen LogP contribution is -2.45. The molecule has 0 bridgehead atoms. The summed E-state index contributed by atoms with van der Waals surface area (Å²) >= 11 is 1.60. The van der Waals surface area contributed by atoms with E-state index in [4.69, 9.17) is 0 Å². The van der Waals surface area contributed by atoms with E-state index in [1.807, 2.05) is 24.3 Å². The van der Waals surface area contributed by atoms with Gasteiger partial charge in [-0.05, 0) is 48.3 Å². The van der Waals surface area contributed by atoms with Crippen molar-refractivity contribution in [1.29, 1.82) is 0 Å². The fourth-order valence-corrected chi connectivity index (χ4v) is 4.52. The monoisotopic (exact) mass is 372 g/mol. The van der Waals surface area contributed by atoms with Gasteiger partial charge in [0.2, 0.25) is 0 Å². The number of rotatable bonds is 6. The van der Waals surface area contributed by atoms with Crippen molar-refractivity contribution in [2.45, 2.75) is 57.0 Å². The first kappa shape index (κ1) is 19.0. The molecule has 0 radical (unpaired) electrons. The summed E-state index contributed by atoms with van der Waals surface area (Å²) in [5.74, 6) is 2.71. The largest absolute Gasteiger partial charge is 0.349 e. The van der Waals surface area contributed by atoms with Gasteiger partial charge in [-0.2, -0.15) is 5.10 Å². The van der Waals surface area contributed by atoms with Crippen molar-refractivity contribution in [3.63, 3.8) is 0 Å². The van der Waals surface area contributed by atoms with Gasteiger partial charge < -0.3 is 5.32 Å². The van der Waals surface area contributed by atoms with E-state index >= 15 is 0 Å². The van der Waals surface area contributed by atoms with Gasteiger partial charge in [-0.15, -0.1) is 0 Å². The number of nitrogens with zero attached hydrogens (tertiary/aromatic N) is 2. The van der Waals surface area contributed by atoms with E-state index in [9.17, 15) is 4.79 Å². The third-order valence-electron chi connectivity index (χ3n) is 5.32. The summed E-state index contributed by atoms with van der Waals surface area (Å²) in [6, 6.07) is 8.15. The first-order chi connectivity index (χ1) is 12.5. The molecule has 0 saturated heterocycles. The average Bonchev–Trinajstić information content (AvgIpc) is 3.13. The summed E-state index contributed by atoms with van der Waals surface area (Å²) in [6.07, 6.45) is 5.07. The Morgan fingerprint density at radius 2 is 2.08 bits per heavy atom. The highest BCUT2D eigenvalue weighted by atomic mass is 32.2. The smallest absolute Gasteiger partial charge is 0.251 e. The SMILES string of the molecule is CC1CCC(C(C)C)C(NC(=O)c2ccc(CSc3ncn[nH]3)cc2)C1. The van der Waals surface area contributed by atoms with E-state index in [-0.39, 0.29) is 11.9 Å². The van der Waals surface area contributed by atoms with Crippen molar-refractivity contribution in [1.82, 2.24) is 20.5 Å². The molecule has 1 heterocycles. The van der Waals surface area contributed by atoms with Gasteiger partial charge in [0.05, 0.1) is 0 Å². The van der Waals surface area contributed by atoms with Crippen LogP contribution in [-0.2, 0) is 5.75 Å². The van der Waals surface area contributed by atoms with Crippen LogP contribution in [0.1, 0.15) is 56.0 Å². The predicted octanol–water partition coefficient (Wildman–Crippen LogP) is 4.29. The predicted molar refractivity (Wildman–Crippen MR) is 105 cm³/mol. The van der Waals surface area contributed by atoms with Crippen LogP contribution >= 0.6 is 11.8 Å². The summed E-state index contributed by atoms with van der Waals surface area (Å²) in [4.78, 5) is 16.8. The van der Waals surface area contributed by atoms with Crippen LogP contribution in [-0.4, -0.2) is 27.1 Å². The van der Waals surface area contributed by atoms with Gasteiger partial charge in [0.15, 0.2) is 5.16 Å².